The van der Waals surface area contributed by atoms with Crippen molar-refractivity contribution in [3.63, 3.8) is 0 Å². The maximum atomic E-state index is 12.1. The van der Waals surface area contributed by atoms with Crippen molar-refractivity contribution in [3.05, 3.63) is 28.3 Å². The van der Waals surface area contributed by atoms with Crippen molar-refractivity contribution < 1.29 is 23.0 Å². The lowest BCUT2D eigenvalue weighted by atomic mass is 10.1. The highest BCUT2D eigenvalue weighted by molar-refractivity contribution is 9.08. The molecule has 0 unspecified atom stereocenters. The van der Waals surface area contributed by atoms with Crippen molar-refractivity contribution in [2.45, 2.75) is 18.9 Å². The predicted octanol–water partition coefficient (Wildman–Crippen LogP) is 4.01. The topological polar surface area (TPSA) is 35.5 Å². The zero-order chi connectivity index (χ0) is 13.7. The molecule has 100 valence electrons. The largest absolute Gasteiger partial charge is 0.462 e. The van der Waals surface area contributed by atoms with Gasteiger partial charge in [-0.25, -0.2) is 4.79 Å². The lowest BCUT2D eigenvalue weighted by molar-refractivity contribution is -0.0499. The van der Waals surface area contributed by atoms with E-state index in [1.165, 1.54) is 12.1 Å². The van der Waals surface area contributed by atoms with E-state index in [2.05, 4.69) is 20.7 Å². The Hall–Kier alpha value is -0.880. The summed E-state index contributed by atoms with van der Waals surface area (Å²) in [6.07, 6.45) is 0. The van der Waals surface area contributed by atoms with E-state index in [1.54, 1.807) is 6.92 Å². The van der Waals surface area contributed by atoms with Gasteiger partial charge in [0.2, 0.25) is 0 Å². The van der Waals surface area contributed by atoms with Gasteiger partial charge in [-0.05, 0) is 24.6 Å². The van der Waals surface area contributed by atoms with Crippen molar-refractivity contribution in [2.24, 2.45) is 0 Å². The Morgan fingerprint density at radius 3 is 2.67 bits per heavy atom. The van der Waals surface area contributed by atoms with E-state index in [-0.39, 0.29) is 22.9 Å². The summed E-state index contributed by atoms with van der Waals surface area (Å²) in [6, 6.07) is 2.42. The third kappa shape index (κ3) is 3.81. The van der Waals surface area contributed by atoms with Crippen LogP contribution in [0, 0.1) is 0 Å². The molecule has 0 aromatic heterocycles. The lowest BCUT2D eigenvalue weighted by Gasteiger charge is -2.12. The molecule has 1 rings (SSSR count). The van der Waals surface area contributed by atoms with Crippen LogP contribution in [0.15, 0.2) is 12.1 Å². The molecule has 0 bridgehead atoms. The molecule has 1 aromatic carbocycles. The highest BCUT2D eigenvalue weighted by atomic mass is 79.9. The Labute approximate surface area is 116 Å². The molecule has 0 heterocycles. The second kappa shape index (κ2) is 6.89. The first-order chi connectivity index (χ1) is 8.49. The smallest absolute Gasteiger partial charge is 0.387 e. The van der Waals surface area contributed by atoms with E-state index in [0.29, 0.717) is 10.9 Å². The average Bonchev–Trinajstić information content (AvgIpc) is 2.27. The van der Waals surface area contributed by atoms with Crippen molar-refractivity contribution in [1.82, 2.24) is 0 Å². The normalized spacial score (nSPS) is 10.6. The van der Waals surface area contributed by atoms with Crippen molar-refractivity contribution in [1.29, 1.82) is 0 Å². The highest BCUT2D eigenvalue weighted by Crippen LogP contribution is 2.30. The Morgan fingerprint density at radius 1 is 1.50 bits per heavy atom. The van der Waals surface area contributed by atoms with Gasteiger partial charge < -0.3 is 9.47 Å². The number of carbonyl (C=O) groups is 1. The fraction of sp³-hybridized carbons (Fsp3) is 0.364. The van der Waals surface area contributed by atoms with Gasteiger partial charge in [-0.2, -0.15) is 8.78 Å². The van der Waals surface area contributed by atoms with E-state index in [0.717, 1.165) is 0 Å². The third-order valence-corrected chi connectivity index (χ3v) is 2.92. The quantitative estimate of drug-likeness (QED) is 0.598. The first-order valence-corrected chi connectivity index (χ1v) is 6.49. The van der Waals surface area contributed by atoms with Gasteiger partial charge in [-0.15, -0.1) is 0 Å². The molecule has 18 heavy (non-hydrogen) atoms. The summed E-state index contributed by atoms with van der Waals surface area (Å²) in [6.45, 7) is -1.16. The second-order valence-electron chi connectivity index (χ2n) is 3.16. The summed E-state index contributed by atoms with van der Waals surface area (Å²) in [5.41, 5.74) is 0.577. The maximum absolute atomic E-state index is 12.1. The Bertz CT molecular complexity index is 441. The van der Waals surface area contributed by atoms with Gasteiger partial charge in [-0.3, -0.25) is 0 Å². The molecule has 0 radical (unpaired) electrons. The second-order valence-corrected chi connectivity index (χ2v) is 4.13. The molecule has 0 fully saturated rings. The third-order valence-electron chi connectivity index (χ3n) is 2.02. The molecule has 0 spiro atoms. The predicted molar refractivity (Wildman–Crippen MR) is 66.7 cm³/mol. The summed E-state index contributed by atoms with van der Waals surface area (Å²) in [4.78, 5) is 11.7. The van der Waals surface area contributed by atoms with Crippen LogP contribution < -0.4 is 4.74 Å². The Kier molecular flexibility index (Phi) is 5.81. The molecule has 1 aromatic rings. The number of esters is 1. The van der Waals surface area contributed by atoms with Gasteiger partial charge in [0.05, 0.1) is 12.2 Å². The molecular formula is C11H10BrClF2O3. The molecule has 0 amide bonds. The minimum absolute atomic E-state index is 0.108. The van der Waals surface area contributed by atoms with Gasteiger partial charge in [0.25, 0.3) is 0 Å². The van der Waals surface area contributed by atoms with Crippen molar-refractivity contribution in [2.75, 3.05) is 6.61 Å². The molecule has 0 N–H and O–H groups in total. The van der Waals surface area contributed by atoms with Crippen LogP contribution in [0.5, 0.6) is 5.75 Å². The monoisotopic (exact) mass is 342 g/mol. The van der Waals surface area contributed by atoms with E-state index in [1.807, 2.05) is 0 Å². The van der Waals surface area contributed by atoms with E-state index in [9.17, 15) is 13.6 Å². The number of hydrogen-bond acceptors (Lipinski definition) is 3. The van der Waals surface area contributed by atoms with Gasteiger partial charge in [0.15, 0.2) is 0 Å². The number of halogens is 4. The van der Waals surface area contributed by atoms with Gasteiger partial charge in [-0.1, -0.05) is 27.5 Å². The van der Waals surface area contributed by atoms with Crippen LogP contribution in [-0.4, -0.2) is 19.2 Å². The van der Waals surface area contributed by atoms with Crippen LogP contribution in [0.2, 0.25) is 5.02 Å². The van der Waals surface area contributed by atoms with E-state index >= 15 is 0 Å². The SMILES string of the molecule is CCOC(=O)c1cc(OC(F)F)cc(Cl)c1CBr. The summed E-state index contributed by atoms with van der Waals surface area (Å²) in [7, 11) is 0. The molecule has 0 atom stereocenters. The van der Waals surface area contributed by atoms with Crippen LogP contribution in [0.4, 0.5) is 8.78 Å². The van der Waals surface area contributed by atoms with Crippen LogP contribution in [0.1, 0.15) is 22.8 Å². The number of carbonyl (C=O) groups excluding carboxylic acids is 1. The van der Waals surface area contributed by atoms with Crippen LogP contribution in [0.25, 0.3) is 0 Å². The zero-order valence-electron chi connectivity index (χ0n) is 9.38. The van der Waals surface area contributed by atoms with Crippen molar-refractivity contribution in [3.8, 4) is 5.75 Å². The number of benzene rings is 1. The van der Waals surface area contributed by atoms with Crippen LogP contribution in [0.3, 0.4) is 0 Å². The van der Waals surface area contributed by atoms with Crippen molar-refractivity contribution >= 4 is 33.5 Å². The van der Waals surface area contributed by atoms with Gasteiger partial charge in [0, 0.05) is 10.4 Å². The average molecular weight is 344 g/mol. The molecule has 0 saturated carbocycles. The fourth-order valence-electron chi connectivity index (χ4n) is 1.31. The number of hydrogen-bond donors (Lipinski definition) is 0. The number of ether oxygens (including phenoxy) is 2. The van der Waals surface area contributed by atoms with Gasteiger partial charge in [0.1, 0.15) is 5.75 Å². The minimum Gasteiger partial charge on any atom is -0.462 e. The zero-order valence-corrected chi connectivity index (χ0v) is 11.7. The lowest BCUT2D eigenvalue weighted by Crippen LogP contribution is -2.10. The Balaban J connectivity index is 3.18. The Morgan fingerprint density at radius 2 is 2.17 bits per heavy atom. The molecule has 0 saturated heterocycles. The number of alkyl halides is 3. The molecule has 7 heteroatoms. The number of rotatable bonds is 5. The van der Waals surface area contributed by atoms with E-state index in [4.69, 9.17) is 16.3 Å². The summed E-state index contributed by atoms with van der Waals surface area (Å²) < 4.78 is 33.3. The highest BCUT2D eigenvalue weighted by Gasteiger charge is 2.18. The first kappa shape index (κ1) is 15.2. The molecule has 0 aliphatic rings. The molecular weight excluding hydrogens is 333 g/mol. The summed E-state index contributed by atoms with van der Waals surface area (Å²) in [5.74, 6) is -0.809. The standard InChI is InChI=1S/C11H10BrClF2O3/c1-2-17-10(16)7-3-6(18-11(14)15)4-9(13)8(7)5-12/h3-4,11H,2,5H2,1H3. The van der Waals surface area contributed by atoms with Gasteiger partial charge >= 0.3 is 12.6 Å². The summed E-state index contributed by atoms with van der Waals surface area (Å²) >= 11 is 9.07. The first-order valence-electron chi connectivity index (χ1n) is 4.99. The maximum Gasteiger partial charge on any atom is 0.387 e. The van der Waals surface area contributed by atoms with E-state index < -0.39 is 12.6 Å². The molecule has 3 nitrogen and oxygen atoms in total. The summed E-state index contributed by atoms with van der Waals surface area (Å²) in [5, 5.41) is 0.461. The molecule has 0 aliphatic heterocycles. The molecule has 0 aliphatic carbocycles. The fourth-order valence-corrected chi connectivity index (χ4v) is 2.35. The minimum atomic E-state index is -2.98. The van der Waals surface area contributed by atoms with Crippen LogP contribution >= 0.6 is 27.5 Å². The van der Waals surface area contributed by atoms with Crippen LogP contribution in [-0.2, 0) is 10.1 Å².